The Balaban J connectivity index is 1.66. The van der Waals surface area contributed by atoms with Crippen LogP contribution in [0.3, 0.4) is 0 Å². The SMILES string of the molecule is COc1cccc([C@]2(C)NC(=O)N(NC(=O)CNC(=O)c3cccs3)C2=O)c1. The second-order valence-corrected chi connectivity index (χ2v) is 7.07. The number of benzene rings is 1. The molecule has 1 aliphatic heterocycles. The topological polar surface area (TPSA) is 117 Å². The van der Waals surface area contributed by atoms with Gasteiger partial charge in [-0.1, -0.05) is 18.2 Å². The van der Waals surface area contributed by atoms with Crippen LogP contribution in [0.2, 0.25) is 0 Å². The van der Waals surface area contributed by atoms with Gasteiger partial charge in [0.25, 0.3) is 17.7 Å². The lowest BCUT2D eigenvalue weighted by Gasteiger charge is -2.22. The molecule has 146 valence electrons. The van der Waals surface area contributed by atoms with E-state index >= 15 is 0 Å². The lowest BCUT2D eigenvalue weighted by molar-refractivity contribution is -0.138. The van der Waals surface area contributed by atoms with Crippen molar-refractivity contribution < 1.29 is 23.9 Å². The molecule has 9 nitrogen and oxygen atoms in total. The standard InChI is InChI=1S/C18H18N4O5S/c1-18(11-5-3-6-12(9-11)27-2)16(25)22(17(26)20-18)21-14(23)10-19-15(24)13-7-4-8-28-13/h3-9H,10H2,1-2H3,(H,19,24)(H,20,26)(H,21,23)/t18-/m0/s1. The van der Waals surface area contributed by atoms with Crippen molar-refractivity contribution in [2.75, 3.05) is 13.7 Å². The molecule has 1 aliphatic rings. The van der Waals surface area contributed by atoms with Gasteiger partial charge in [-0.25, -0.2) is 4.79 Å². The maximum Gasteiger partial charge on any atom is 0.344 e. The summed E-state index contributed by atoms with van der Waals surface area (Å²) in [4.78, 5) is 49.5. The second-order valence-electron chi connectivity index (χ2n) is 6.12. The molecule has 1 saturated heterocycles. The van der Waals surface area contributed by atoms with Crippen molar-refractivity contribution in [1.82, 2.24) is 21.1 Å². The van der Waals surface area contributed by atoms with Gasteiger partial charge < -0.3 is 15.4 Å². The highest BCUT2D eigenvalue weighted by Crippen LogP contribution is 2.30. The highest BCUT2D eigenvalue weighted by Gasteiger charge is 2.50. The fraction of sp³-hybridized carbons (Fsp3) is 0.222. The summed E-state index contributed by atoms with van der Waals surface area (Å²) in [5, 5.41) is 7.35. The average Bonchev–Trinajstić information content (AvgIpc) is 3.30. The highest BCUT2D eigenvalue weighted by molar-refractivity contribution is 7.12. The van der Waals surface area contributed by atoms with Crippen molar-refractivity contribution in [3.8, 4) is 5.75 Å². The van der Waals surface area contributed by atoms with Crippen LogP contribution in [-0.4, -0.2) is 42.4 Å². The molecule has 1 atom stereocenters. The summed E-state index contributed by atoms with van der Waals surface area (Å²) in [5.74, 6) is -1.24. The van der Waals surface area contributed by atoms with Gasteiger partial charge in [-0.05, 0) is 36.1 Å². The summed E-state index contributed by atoms with van der Waals surface area (Å²) in [5.41, 5.74) is 1.37. The van der Waals surface area contributed by atoms with E-state index in [1.165, 1.54) is 25.4 Å². The van der Waals surface area contributed by atoms with Gasteiger partial charge in [0, 0.05) is 0 Å². The fourth-order valence-corrected chi connectivity index (χ4v) is 3.33. The molecule has 3 N–H and O–H groups in total. The molecule has 5 amide bonds. The zero-order chi connectivity index (χ0) is 20.3. The molecule has 1 aromatic carbocycles. The smallest absolute Gasteiger partial charge is 0.344 e. The molecular weight excluding hydrogens is 384 g/mol. The van der Waals surface area contributed by atoms with Crippen LogP contribution >= 0.6 is 11.3 Å². The molecule has 1 aromatic heterocycles. The number of carbonyl (C=O) groups excluding carboxylic acids is 4. The number of hydrogen-bond acceptors (Lipinski definition) is 6. The summed E-state index contributed by atoms with van der Waals surface area (Å²) in [7, 11) is 1.49. The molecule has 0 radical (unpaired) electrons. The van der Waals surface area contributed by atoms with Gasteiger partial charge in [0.05, 0.1) is 18.5 Å². The van der Waals surface area contributed by atoms with E-state index in [9.17, 15) is 19.2 Å². The van der Waals surface area contributed by atoms with Crippen molar-refractivity contribution in [2.45, 2.75) is 12.5 Å². The Morgan fingerprint density at radius 3 is 2.71 bits per heavy atom. The van der Waals surface area contributed by atoms with E-state index in [4.69, 9.17) is 4.74 Å². The van der Waals surface area contributed by atoms with Gasteiger partial charge in [0.2, 0.25) is 0 Å². The molecule has 2 heterocycles. The van der Waals surface area contributed by atoms with Crippen LogP contribution < -0.4 is 20.8 Å². The van der Waals surface area contributed by atoms with Crippen LogP contribution in [0, 0.1) is 0 Å². The minimum absolute atomic E-state index is 0.385. The number of methoxy groups -OCH3 is 1. The van der Waals surface area contributed by atoms with Gasteiger partial charge in [-0.2, -0.15) is 5.01 Å². The third kappa shape index (κ3) is 3.67. The molecule has 28 heavy (non-hydrogen) atoms. The summed E-state index contributed by atoms with van der Waals surface area (Å²) >= 11 is 1.23. The van der Waals surface area contributed by atoms with E-state index in [0.717, 1.165) is 0 Å². The number of urea groups is 1. The van der Waals surface area contributed by atoms with Gasteiger partial charge in [-0.3, -0.25) is 19.8 Å². The Morgan fingerprint density at radius 2 is 2.04 bits per heavy atom. The summed E-state index contributed by atoms with van der Waals surface area (Å²) < 4.78 is 5.15. The summed E-state index contributed by atoms with van der Waals surface area (Å²) in [6.07, 6.45) is 0. The van der Waals surface area contributed by atoms with Crippen LogP contribution in [0.5, 0.6) is 5.75 Å². The van der Waals surface area contributed by atoms with Crippen LogP contribution in [0.1, 0.15) is 22.2 Å². The molecular formula is C18H18N4O5S. The molecule has 0 aliphatic carbocycles. The van der Waals surface area contributed by atoms with Crippen LogP contribution in [-0.2, 0) is 15.1 Å². The zero-order valence-electron chi connectivity index (χ0n) is 15.1. The van der Waals surface area contributed by atoms with Crippen molar-refractivity contribution in [1.29, 1.82) is 0 Å². The molecule has 1 fully saturated rings. The number of hydrazine groups is 1. The lowest BCUT2D eigenvalue weighted by atomic mass is 9.92. The molecule has 3 rings (SSSR count). The minimum atomic E-state index is -1.36. The van der Waals surface area contributed by atoms with Gasteiger partial charge >= 0.3 is 6.03 Å². The maximum atomic E-state index is 12.8. The predicted molar refractivity (Wildman–Crippen MR) is 101 cm³/mol. The average molecular weight is 402 g/mol. The molecule has 2 aromatic rings. The van der Waals surface area contributed by atoms with Crippen molar-refractivity contribution >= 4 is 35.1 Å². The van der Waals surface area contributed by atoms with Crippen LogP contribution in [0.15, 0.2) is 41.8 Å². The van der Waals surface area contributed by atoms with Crippen molar-refractivity contribution in [2.24, 2.45) is 0 Å². The lowest BCUT2D eigenvalue weighted by Crippen LogP contribution is -2.50. The first-order chi connectivity index (χ1) is 13.3. The number of rotatable bonds is 6. The molecule has 0 saturated carbocycles. The Morgan fingerprint density at radius 1 is 1.25 bits per heavy atom. The van der Waals surface area contributed by atoms with E-state index < -0.39 is 29.3 Å². The number of nitrogens with one attached hydrogen (secondary N) is 3. The first-order valence-electron chi connectivity index (χ1n) is 8.27. The highest BCUT2D eigenvalue weighted by atomic mass is 32.1. The monoisotopic (exact) mass is 402 g/mol. The van der Waals surface area contributed by atoms with E-state index in [0.29, 0.717) is 21.2 Å². The quantitative estimate of drug-likeness (QED) is 0.623. The normalized spacial score (nSPS) is 18.6. The number of ether oxygens (including phenoxy) is 1. The zero-order valence-corrected chi connectivity index (χ0v) is 16.0. The van der Waals surface area contributed by atoms with E-state index in [-0.39, 0.29) is 6.54 Å². The van der Waals surface area contributed by atoms with Crippen LogP contribution in [0.4, 0.5) is 4.79 Å². The number of nitrogens with zero attached hydrogens (tertiary/aromatic N) is 1. The molecule has 10 heteroatoms. The molecule has 0 unspecified atom stereocenters. The minimum Gasteiger partial charge on any atom is -0.497 e. The summed E-state index contributed by atoms with van der Waals surface area (Å²) in [6, 6.07) is 9.27. The number of amides is 5. The first kappa shape index (κ1) is 19.4. The first-order valence-corrected chi connectivity index (χ1v) is 9.15. The predicted octanol–water partition coefficient (Wildman–Crippen LogP) is 0.985. The van der Waals surface area contributed by atoms with Gasteiger partial charge in [0.15, 0.2) is 0 Å². The Bertz CT molecular complexity index is 930. The van der Waals surface area contributed by atoms with Crippen molar-refractivity contribution in [3.63, 3.8) is 0 Å². The van der Waals surface area contributed by atoms with E-state index in [1.54, 1.807) is 41.8 Å². The number of imide groups is 1. The number of thiophene rings is 1. The summed E-state index contributed by atoms with van der Waals surface area (Å²) in [6.45, 7) is 1.15. The Hall–Kier alpha value is -3.40. The van der Waals surface area contributed by atoms with Gasteiger partial charge in [-0.15, -0.1) is 11.3 Å². The van der Waals surface area contributed by atoms with Crippen molar-refractivity contribution in [3.05, 3.63) is 52.2 Å². The largest absolute Gasteiger partial charge is 0.497 e. The Labute approximate surface area is 164 Å². The molecule has 0 bridgehead atoms. The number of carbonyl (C=O) groups is 4. The van der Waals surface area contributed by atoms with E-state index in [2.05, 4.69) is 16.1 Å². The Kier molecular flexibility index (Phi) is 5.32. The third-order valence-electron chi connectivity index (χ3n) is 4.23. The van der Waals surface area contributed by atoms with E-state index in [1.807, 2.05) is 0 Å². The van der Waals surface area contributed by atoms with Gasteiger partial charge in [0.1, 0.15) is 11.3 Å². The fourth-order valence-electron chi connectivity index (χ4n) is 2.69. The van der Waals surface area contributed by atoms with Crippen LogP contribution in [0.25, 0.3) is 0 Å². The second kappa shape index (κ2) is 7.69. The maximum absolute atomic E-state index is 12.8. The number of hydrogen-bond donors (Lipinski definition) is 3. The molecule has 0 spiro atoms. The third-order valence-corrected chi connectivity index (χ3v) is 5.10.